The smallest absolute Gasteiger partial charge is 0.457 e. The summed E-state index contributed by atoms with van der Waals surface area (Å²) < 4.78 is 138. The summed E-state index contributed by atoms with van der Waals surface area (Å²) in [7, 11) is 0. The van der Waals surface area contributed by atoms with Gasteiger partial charge in [0.15, 0.2) is 0 Å². The molecule has 1 N–H and O–H groups in total. The first-order valence-corrected chi connectivity index (χ1v) is 9.88. The van der Waals surface area contributed by atoms with Crippen molar-refractivity contribution in [2.24, 2.45) is 0 Å². The second kappa shape index (κ2) is 9.78. The van der Waals surface area contributed by atoms with Crippen LogP contribution >= 0.6 is 0 Å². The van der Waals surface area contributed by atoms with E-state index < -0.39 is 35.7 Å². The molecule has 0 spiro atoms. The molecule has 0 amide bonds. The summed E-state index contributed by atoms with van der Waals surface area (Å²) in [5.74, 6) is -12.1. The van der Waals surface area contributed by atoms with Gasteiger partial charge in [-0.05, 0) is 35.9 Å². The Balaban J connectivity index is 1.71. The summed E-state index contributed by atoms with van der Waals surface area (Å²) in [6.45, 7) is -0.236. The average Bonchev–Trinajstić information content (AvgIpc) is 2.76. The molecule has 0 aliphatic rings. The molecule has 36 heavy (non-hydrogen) atoms. The number of alkyl halides is 10. The van der Waals surface area contributed by atoms with Crippen LogP contribution in [0.25, 0.3) is 0 Å². The molecule has 0 fully saturated rings. The van der Waals surface area contributed by atoms with Crippen molar-refractivity contribution in [3.8, 4) is 17.2 Å². The quantitative estimate of drug-likeness (QED) is 0.299. The third-order valence-electron chi connectivity index (χ3n) is 4.65. The maximum Gasteiger partial charge on any atom is 0.573 e. The third-order valence-corrected chi connectivity index (χ3v) is 4.65. The summed E-state index contributed by atoms with van der Waals surface area (Å²) in [6, 6.07) is 13.7. The molecule has 3 aromatic carbocycles. The molecule has 3 aromatic rings. The summed E-state index contributed by atoms with van der Waals surface area (Å²) in [4.78, 5) is 0. The predicted molar refractivity (Wildman–Crippen MR) is 108 cm³/mol. The number of hydrogen-bond donors (Lipinski definition) is 1. The Morgan fingerprint density at radius 3 is 1.86 bits per heavy atom. The van der Waals surface area contributed by atoms with E-state index in [0.29, 0.717) is 17.8 Å². The second-order valence-corrected chi connectivity index (χ2v) is 7.35. The van der Waals surface area contributed by atoms with Crippen molar-refractivity contribution in [3.63, 3.8) is 0 Å². The monoisotopic (exact) mass is 527 g/mol. The van der Waals surface area contributed by atoms with E-state index >= 15 is 0 Å². The molecule has 0 aromatic heterocycles. The minimum Gasteiger partial charge on any atom is -0.457 e. The fourth-order valence-electron chi connectivity index (χ4n) is 2.98. The van der Waals surface area contributed by atoms with Crippen LogP contribution < -0.4 is 14.8 Å². The first-order valence-electron chi connectivity index (χ1n) is 9.88. The minimum atomic E-state index is -6.45. The van der Waals surface area contributed by atoms with Crippen LogP contribution in [-0.2, 0) is 12.5 Å². The molecular formula is C23H15F10NO2. The van der Waals surface area contributed by atoms with Crippen LogP contribution in [0, 0.1) is 0 Å². The zero-order chi connectivity index (χ0) is 26.8. The standard InChI is InChI=1S/C23H15F10NO2/c24-20(25,21(26,27)22(28,29)30)15-5-1-4-14(10-15)13-34-16-6-2-7-17(11-16)35-18-8-3-9-19(12-18)36-23(31,32)33/h1-12,34H,13H2. The minimum absolute atomic E-state index is 0.00873. The molecule has 0 saturated heterocycles. The van der Waals surface area contributed by atoms with Gasteiger partial charge in [0.2, 0.25) is 0 Å². The third kappa shape index (κ3) is 6.32. The number of ether oxygens (including phenoxy) is 2. The van der Waals surface area contributed by atoms with E-state index in [2.05, 4.69) is 10.1 Å². The number of benzene rings is 3. The first kappa shape index (κ1) is 27.0. The zero-order valence-electron chi connectivity index (χ0n) is 17.7. The summed E-state index contributed by atoms with van der Waals surface area (Å²) in [5.41, 5.74) is -1.20. The Kier molecular flexibility index (Phi) is 7.32. The highest BCUT2D eigenvalue weighted by molar-refractivity contribution is 5.50. The van der Waals surface area contributed by atoms with Gasteiger partial charge in [-0.2, -0.15) is 30.7 Å². The van der Waals surface area contributed by atoms with Gasteiger partial charge in [0.05, 0.1) is 0 Å². The Morgan fingerprint density at radius 2 is 1.22 bits per heavy atom. The van der Waals surface area contributed by atoms with E-state index in [4.69, 9.17) is 4.74 Å². The molecule has 0 saturated carbocycles. The number of nitrogens with one attached hydrogen (secondary N) is 1. The maximum absolute atomic E-state index is 14.0. The van der Waals surface area contributed by atoms with Crippen LogP contribution in [0.15, 0.2) is 72.8 Å². The van der Waals surface area contributed by atoms with Crippen LogP contribution in [0.4, 0.5) is 49.6 Å². The van der Waals surface area contributed by atoms with Crippen LogP contribution in [0.3, 0.4) is 0 Å². The van der Waals surface area contributed by atoms with E-state index in [0.717, 1.165) is 18.2 Å². The Bertz CT molecular complexity index is 1190. The van der Waals surface area contributed by atoms with Gasteiger partial charge in [-0.1, -0.05) is 30.3 Å². The summed E-state index contributed by atoms with van der Waals surface area (Å²) in [6.07, 6.45) is -11.4. The SMILES string of the molecule is FC(F)(F)Oc1cccc(Oc2cccc(NCc3cccc(C(F)(F)C(F)(F)C(F)(F)F)c3)c2)c1. The van der Waals surface area contributed by atoms with Crippen molar-refractivity contribution >= 4 is 5.69 Å². The lowest BCUT2D eigenvalue weighted by molar-refractivity contribution is -0.359. The number of anilines is 1. The van der Waals surface area contributed by atoms with E-state index in [-0.39, 0.29) is 23.6 Å². The van der Waals surface area contributed by atoms with Gasteiger partial charge in [-0.15, -0.1) is 13.2 Å². The molecule has 0 bridgehead atoms. The van der Waals surface area contributed by atoms with Crippen LogP contribution in [0.1, 0.15) is 11.1 Å². The van der Waals surface area contributed by atoms with Gasteiger partial charge in [0.25, 0.3) is 0 Å². The van der Waals surface area contributed by atoms with Gasteiger partial charge < -0.3 is 14.8 Å². The molecule has 0 unspecified atom stereocenters. The fourth-order valence-corrected chi connectivity index (χ4v) is 2.98. The number of rotatable bonds is 8. The molecule has 0 aliphatic carbocycles. The first-order chi connectivity index (χ1) is 16.6. The van der Waals surface area contributed by atoms with E-state index in [1.807, 2.05) is 0 Å². The second-order valence-electron chi connectivity index (χ2n) is 7.35. The van der Waals surface area contributed by atoms with Gasteiger partial charge >= 0.3 is 24.4 Å². The molecule has 0 atom stereocenters. The highest BCUT2D eigenvalue weighted by Crippen LogP contribution is 2.51. The number of hydrogen-bond acceptors (Lipinski definition) is 3. The van der Waals surface area contributed by atoms with Gasteiger partial charge in [0, 0.05) is 29.9 Å². The fraction of sp³-hybridized carbons (Fsp3) is 0.217. The molecule has 0 aliphatic heterocycles. The molecule has 13 heteroatoms. The van der Waals surface area contributed by atoms with E-state index in [1.165, 1.54) is 42.5 Å². The van der Waals surface area contributed by atoms with Crippen LogP contribution in [-0.4, -0.2) is 18.5 Å². The Hall–Kier alpha value is -3.64. The lowest BCUT2D eigenvalue weighted by atomic mass is 9.99. The highest BCUT2D eigenvalue weighted by atomic mass is 19.4. The normalized spacial score (nSPS) is 12.8. The van der Waals surface area contributed by atoms with Crippen molar-refractivity contribution < 1.29 is 53.4 Å². The molecule has 3 nitrogen and oxygen atoms in total. The van der Waals surface area contributed by atoms with Crippen LogP contribution in [0.2, 0.25) is 0 Å². The Morgan fingerprint density at radius 1 is 0.639 bits per heavy atom. The summed E-state index contributed by atoms with van der Waals surface area (Å²) >= 11 is 0. The van der Waals surface area contributed by atoms with Crippen molar-refractivity contribution in [2.75, 3.05) is 5.32 Å². The van der Waals surface area contributed by atoms with Gasteiger partial charge in [-0.25, -0.2) is 0 Å². The van der Waals surface area contributed by atoms with Crippen molar-refractivity contribution in [1.82, 2.24) is 0 Å². The Labute approximate surface area is 197 Å². The van der Waals surface area contributed by atoms with Crippen molar-refractivity contribution in [2.45, 2.75) is 30.9 Å². The van der Waals surface area contributed by atoms with Gasteiger partial charge in [-0.3, -0.25) is 0 Å². The lowest BCUT2D eigenvalue weighted by Gasteiger charge is -2.28. The zero-order valence-corrected chi connectivity index (χ0v) is 17.7. The van der Waals surface area contributed by atoms with Crippen molar-refractivity contribution in [1.29, 1.82) is 0 Å². The van der Waals surface area contributed by atoms with Crippen LogP contribution in [0.5, 0.6) is 17.2 Å². The van der Waals surface area contributed by atoms with Crippen molar-refractivity contribution in [3.05, 3.63) is 83.9 Å². The molecule has 194 valence electrons. The highest BCUT2D eigenvalue weighted by Gasteiger charge is 2.73. The predicted octanol–water partition coefficient (Wildman–Crippen LogP) is 8.28. The maximum atomic E-state index is 14.0. The molecule has 3 rings (SSSR count). The van der Waals surface area contributed by atoms with E-state index in [1.54, 1.807) is 0 Å². The average molecular weight is 527 g/mol. The lowest BCUT2D eigenvalue weighted by Crippen LogP contribution is -2.50. The molecule has 0 radical (unpaired) electrons. The molecular weight excluding hydrogens is 512 g/mol. The topological polar surface area (TPSA) is 30.5 Å². The van der Waals surface area contributed by atoms with E-state index in [9.17, 15) is 43.9 Å². The summed E-state index contributed by atoms with van der Waals surface area (Å²) in [5, 5.41) is 2.77. The van der Waals surface area contributed by atoms with Gasteiger partial charge in [0.1, 0.15) is 17.2 Å². The largest absolute Gasteiger partial charge is 0.573 e. The number of halogens is 10. The molecule has 0 heterocycles.